The molecule has 0 saturated carbocycles. The minimum Gasteiger partial charge on any atom is -0.396 e. The van der Waals surface area contributed by atoms with Crippen molar-refractivity contribution in [2.24, 2.45) is 0 Å². The summed E-state index contributed by atoms with van der Waals surface area (Å²) in [4.78, 5) is 8.94. The van der Waals surface area contributed by atoms with Crippen molar-refractivity contribution in [1.29, 1.82) is 0 Å². The molecule has 152 valence electrons. The second-order valence-electron chi connectivity index (χ2n) is 7.54. The Morgan fingerprint density at radius 2 is 1.93 bits per heavy atom. The normalized spacial score (nSPS) is 18.2. The van der Waals surface area contributed by atoms with Gasteiger partial charge in [0.15, 0.2) is 0 Å². The standard InChI is InChI=1S/C23H27FN4O/c24-23-8-2-1-5-19(23)16-27-13-12-26(17-21(27)9-14-29)18-22-7-4-11-28(22)20-6-3-10-25-15-20/h1-8,10-11,15,21,29H,9,12-14,16-18H2/t21-/m1/s1. The van der Waals surface area contributed by atoms with Gasteiger partial charge in [0.1, 0.15) is 5.82 Å². The van der Waals surface area contributed by atoms with Gasteiger partial charge in [0, 0.05) is 69.0 Å². The summed E-state index contributed by atoms with van der Waals surface area (Å²) in [7, 11) is 0. The lowest BCUT2D eigenvalue weighted by Crippen LogP contribution is -2.52. The highest BCUT2D eigenvalue weighted by atomic mass is 19.1. The molecule has 3 heterocycles. The SMILES string of the molecule is OCC[C@@H]1CN(Cc2cccn2-c2cccnc2)CCN1Cc1ccccc1F. The van der Waals surface area contributed by atoms with Gasteiger partial charge in [0.2, 0.25) is 0 Å². The first-order valence-electron chi connectivity index (χ1n) is 10.1. The summed E-state index contributed by atoms with van der Waals surface area (Å²) in [6.45, 7) is 4.17. The molecule has 0 unspecified atom stereocenters. The number of pyridine rings is 1. The van der Waals surface area contributed by atoms with Crippen molar-refractivity contribution in [1.82, 2.24) is 19.4 Å². The lowest BCUT2D eigenvalue weighted by molar-refractivity contribution is 0.0485. The largest absolute Gasteiger partial charge is 0.396 e. The van der Waals surface area contributed by atoms with E-state index in [9.17, 15) is 9.50 Å². The summed E-state index contributed by atoms with van der Waals surface area (Å²) in [6, 6.07) is 15.4. The number of halogens is 1. The Bertz CT molecular complexity index is 914. The third-order valence-corrected chi connectivity index (χ3v) is 5.63. The number of piperazine rings is 1. The second-order valence-corrected chi connectivity index (χ2v) is 7.54. The highest BCUT2D eigenvalue weighted by Crippen LogP contribution is 2.21. The van der Waals surface area contributed by atoms with Crippen LogP contribution in [-0.2, 0) is 13.1 Å². The summed E-state index contributed by atoms with van der Waals surface area (Å²) < 4.78 is 16.3. The maximum absolute atomic E-state index is 14.1. The first kappa shape index (κ1) is 19.8. The Kier molecular flexibility index (Phi) is 6.34. The molecule has 3 aromatic rings. The number of nitrogens with zero attached hydrogens (tertiary/aromatic N) is 4. The van der Waals surface area contributed by atoms with E-state index in [-0.39, 0.29) is 18.5 Å². The molecule has 1 N–H and O–H groups in total. The van der Waals surface area contributed by atoms with Crippen LogP contribution in [0.25, 0.3) is 5.69 Å². The van der Waals surface area contributed by atoms with Crippen LogP contribution >= 0.6 is 0 Å². The zero-order chi connectivity index (χ0) is 20.1. The van der Waals surface area contributed by atoms with E-state index in [0.717, 1.165) is 31.9 Å². The van der Waals surface area contributed by atoms with Crippen molar-refractivity contribution >= 4 is 0 Å². The van der Waals surface area contributed by atoms with Gasteiger partial charge in [-0.1, -0.05) is 18.2 Å². The quantitative estimate of drug-likeness (QED) is 0.669. The minimum atomic E-state index is -0.160. The molecular formula is C23H27FN4O. The van der Waals surface area contributed by atoms with Gasteiger partial charge >= 0.3 is 0 Å². The molecule has 2 aromatic heterocycles. The summed E-state index contributed by atoms with van der Waals surface area (Å²) in [5.41, 5.74) is 2.98. The van der Waals surface area contributed by atoms with Crippen LogP contribution in [0.4, 0.5) is 4.39 Å². The lowest BCUT2D eigenvalue weighted by atomic mass is 10.1. The van der Waals surface area contributed by atoms with Gasteiger partial charge < -0.3 is 9.67 Å². The Balaban J connectivity index is 1.44. The van der Waals surface area contributed by atoms with Gasteiger partial charge in [0.25, 0.3) is 0 Å². The minimum absolute atomic E-state index is 0.137. The fourth-order valence-corrected chi connectivity index (χ4v) is 4.10. The van der Waals surface area contributed by atoms with Crippen molar-refractivity contribution in [2.45, 2.75) is 25.6 Å². The molecule has 0 radical (unpaired) electrons. The van der Waals surface area contributed by atoms with Gasteiger partial charge in [-0.25, -0.2) is 4.39 Å². The van der Waals surface area contributed by atoms with E-state index in [1.165, 1.54) is 11.8 Å². The molecule has 1 fully saturated rings. The van der Waals surface area contributed by atoms with Crippen molar-refractivity contribution in [3.05, 3.63) is 84.2 Å². The van der Waals surface area contributed by atoms with Crippen LogP contribution in [-0.4, -0.2) is 56.7 Å². The number of aliphatic hydroxyl groups is 1. The van der Waals surface area contributed by atoms with Crippen LogP contribution in [0.3, 0.4) is 0 Å². The maximum Gasteiger partial charge on any atom is 0.127 e. The van der Waals surface area contributed by atoms with E-state index >= 15 is 0 Å². The number of aromatic nitrogens is 2. The van der Waals surface area contributed by atoms with Crippen molar-refractivity contribution in [3.8, 4) is 5.69 Å². The van der Waals surface area contributed by atoms with Gasteiger partial charge in [-0.05, 0) is 36.8 Å². The predicted molar refractivity (Wildman–Crippen MR) is 111 cm³/mol. The van der Waals surface area contributed by atoms with Gasteiger partial charge in [-0.15, -0.1) is 0 Å². The fourth-order valence-electron chi connectivity index (χ4n) is 4.10. The number of aliphatic hydroxyl groups excluding tert-OH is 1. The van der Waals surface area contributed by atoms with Gasteiger partial charge in [0.05, 0.1) is 11.9 Å². The summed E-state index contributed by atoms with van der Waals surface area (Å²) in [5, 5.41) is 9.56. The monoisotopic (exact) mass is 394 g/mol. The first-order chi connectivity index (χ1) is 14.2. The van der Waals surface area contributed by atoms with E-state index in [1.54, 1.807) is 12.3 Å². The molecule has 1 aliphatic rings. The average molecular weight is 394 g/mol. The van der Waals surface area contributed by atoms with Crippen LogP contribution in [0.5, 0.6) is 0 Å². The number of hydrogen-bond donors (Lipinski definition) is 1. The first-order valence-corrected chi connectivity index (χ1v) is 10.1. The molecule has 5 nitrogen and oxygen atoms in total. The summed E-state index contributed by atoms with van der Waals surface area (Å²) in [5.74, 6) is -0.160. The Morgan fingerprint density at radius 3 is 2.72 bits per heavy atom. The number of hydrogen-bond acceptors (Lipinski definition) is 4. The average Bonchev–Trinajstić information content (AvgIpc) is 3.20. The van der Waals surface area contributed by atoms with E-state index in [0.29, 0.717) is 18.5 Å². The van der Waals surface area contributed by atoms with Crippen LogP contribution in [0, 0.1) is 5.82 Å². The molecule has 1 saturated heterocycles. The summed E-state index contributed by atoms with van der Waals surface area (Å²) in [6.07, 6.45) is 6.39. The molecule has 4 rings (SSSR count). The maximum atomic E-state index is 14.1. The fraction of sp³-hybridized carbons (Fsp3) is 0.348. The Hall–Kier alpha value is -2.54. The topological polar surface area (TPSA) is 44.5 Å². The molecule has 0 aliphatic carbocycles. The van der Waals surface area contributed by atoms with Crippen LogP contribution in [0.1, 0.15) is 17.7 Å². The third-order valence-electron chi connectivity index (χ3n) is 5.63. The molecule has 0 spiro atoms. The van der Waals surface area contributed by atoms with Gasteiger partial charge in [-0.3, -0.25) is 14.8 Å². The van der Waals surface area contributed by atoms with E-state index in [1.807, 2.05) is 24.4 Å². The highest BCUT2D eigenvalue weighted by Gasteiger charge is 2.27. The third kappa shape index (κ3) is 4.72. The Morgan fingerprint density at radius 1 is 1.03 bits per heavy atom. The molecule has 1 atom stereocenters. The van der Waals surface area contributed by atoms with Crippen LogP contribution < -0.4 is 0 Å². The smallest absolute Gasteiger partial charge is 0.127 e. The zero-order valence-electron chi connectivity index (χ0n) is 16.5. The summed E-state index contributed by atoms with van der Waals surface area (Å²) >= 11 is 0. The predicted octanol–water partition coefficient (Wildman–Crippen LogP) is 3.08. The zero-order valence-corrected chi connectivity index (χ0v) is 16.5. The van der Waals surface area contributed by atoms with Crippen LogP contribution in [0.15, 0.2) is 67.1 Å². The molecule has 1 aliphatic heterocycles. The molecule has 1 aromatic carbocycles. The number of benzene rings is 1. The van der Waals surface area contributed by atoms with E-state index in [4.69, 9.17) is 0 Å². The van der Waals surface area contributed by atoms with E-state index in [2.05, 4.69) is 43.7 Å². The van der Waals surface area contributed by atoms with Gasteiger partial charge in [-0.2, -0.15) is 0 Å². The Labute approximate surface area is 171 Å². The van der Waals surface area contributed by atoms with Crippen molar-refractivity contribution < 1.29 is 9.50 Å². The van der Waals surface area contributed by atoms with Crippen LogP contribution in [0.2, 0.25) is 0 Å². The highest BCUT2D eigenvalue weighted by molar-refractivity contribution is 5.32. The molecule has 6 heteroatoms. The lowest BCUT2D eigenvalue weighted by Gasteiger charge is -2.41. The van der Waals surface area contributed by atoms with E-state index < -0.39 is 0 Å². The molecule has 0 bridgehead atoms. The van der Waals surface area contributed by atoms with Crippen molar-refractivity contribution in [2.75, 3.05) is 26.2 Å². The molecular weight excluding hydrogens is 367 g/mol. The second kappa shape index (κ2) is 9.31. The molecule has 29 heavy (non-hydrogen) atoms. The molecule has 0 amide bonds. The number of rotatable bonds is 7. The van der Waals surface area contributed by atoms with Crippen molar-refractivity contribution in [3.63, 3.8) is 0 Å².